The fourth-order valence-corrected chi connectivity index (χ4v) is 5.77. The van der Waals surface area contributed by atoms with E-state index in [1.54, 1.807) is 0 Å². The molecule has 0 atom stereocenters. The van der Waals surface area contributed by atoms with Crippen LogP contribution in [0.4, 0.5) is 0 Å². The van der Waals surface area contributed by atoms with Gasteiger partial charge in [0.05, 0.1) is 0 Å². The number of hydrogen-bond donors (Lipinski definition) is 2. The van der Waals surface area contributed by atoms with E-state index in [2.05, 4.69) is 32.3 Å². The second-order valence-electron chi connectivity index (χ2n) is 8.72. The SMILES string of the molecule is CN=C(NCCCOCC1CCOCC1)NCC1(N2CCSCC2)CCCCC1.I. The molecule has 0 aromatic rings. The molecule has 3 aliphatic rings. The minimum atomic E-state index is 0. The Kier molecular flexibility index (Phi) is 13.4. The van der Waals surface area contributed by atoms with Gasteiger partial charge in [0.15, 0.2) is 5.96 Å². The van der Waals surface area contributed by atoms with Crippen molar-refractivity contribution in [3.8, 4) is 0 Å². The van der Waals surface area contributed by atoms with Crippen molar-refractivity contribution in [2.24, 2.45) is 10.9 Å². The molecule has 0 radical (unpaired) electrons. The predicted octanol–water partition coefficient (Wildman–Crippen LogP) is 3.35. The number of ether oxygens (including phenoxy) is 2. The van der Waals surface area contributed by atoms with E-state index in [-0.39, 0.29) is 24.0 Å². The number of halogens is 1. The summed E-state index contributed by atoms with van der Waals surface area (Å²) in [7, 11) is 1.88. The molecule has 2 saturated heterocycles. The van der Waals surface area contributed by atoms with E-state index in [1.807, 2.05) is 7.05 Å². The maximum Gasteiger partial charge on any atom is 0.191 e. The molecule has 2 N–H and O–H groups in total. The quantitative estimate of drug-likeness (QED) is 0.197. The Morgan fingerprint density at radius 2 is 1.87 bits per heavy atom. The van der Waals surface area contributed by atoms with Gasteiger partial charge in [0.2, 0.25) is 0 Å². The average molecular weight is 555 g/mol. The minimum Gasteiger partial charge on any atom is -0.381 e. The Bertz CT molecular complexity index is 480. The number of guanidine groups is 1. The fraction of sp³-hybridized carbons (Fsp3) is 0.955. The van der Waals surface area contributed by atoms with Crippen LogP contribution >= 0.6 is 35.7 Å². The van der Waals surface area contributed by atoms with Gasteiger partial charge in [-0.1, -0.05) is 19.3 Å². The summed E-state index contributed by atoms with van der Waals surface area (Å²) in [6, 6.07) is 0. The van der Waals surface area contributed by atoms with Crippen molar-refractivity contribution in [3.63, 3.8) is 0 Å². The van der Waals surface area contributed by atoms with Gasteiger partial charge in [-0.2, -0.15) is 11.8 Å². The van der Waals surface area contributed by atoms with E-state index in [9.17, 15) is 0 Å². The summed E-state index contributed by atoms with van der Waals surface area (Å²) in [5.74, 6) is 4.18. The molecule has 3 fully saturated rings. The number of nitrogens with one attached hydrogen (secondary N) is 2. The summed E-state index contributed by atoms with van der Waals surface area (Å²) >= 11 is 2.10. The van der Waals surface area contributed by atoms with Crippen molar-refractivity contribution in [2.45, 2.75) is 56.9 Å². The van der Waals surface area contributed by atoms with E-state index in [4.69, 9.17) is 9.47 Å². The molecule has 0 unspecified atom stereocenters. The Labute approximate surface area is 205 Å². The summed E-state index contributed by atoms with van der Waals surface area (Å²) in [5.41, 5.74) is 0.323. The van der Waals surface area contributed by atoms with Crippen LogP contribution in [-0.4, -0.2) is 87.6 Å². The average Bonchev–Trinajstić information content (AvgIpc) is 2.80. The second kappa shape index (κ2) is 15.1. The topological polar surface area (TPSA) is 58.1 Å². The van der Waals surface area contributed by atoms with Gasteiger partial charge in [-0.05, 0) is 38.0 Å². The monoisotopic (exact) mass is 554 g/mol. The third kappa shape index (κ3) is 8.64. The Morgan fingerprint density at radius 1 is 1.13 bits per heavy atom. The molecular formula is C22H43IN4O2S. The normalized spacial score (nSPS) is 23.6. The maximum atomic E-state index is 5.87. The van der Waals surface area contributed by atoms with Crippen LogP contribution in [0.5, 0.6) is 0 Å². The van der Waals surface area contributed by atoms with Gasteiger partial charge in [0.1, 0.15) is 0 Å². The van der Waals surface area contributed by atoms with Gasteiger partial charge in [0.25, 0.3) is 0 Å². The Balaban J connectivity index is 0.00000320. The molecule has 2 aliphatic heterocycles. The fourth-order valence-electron chi connectivity index (χ4n) is 4.87. The number of nitrogens with zero attached hydrogens (tertiary/aromatic N) is 2. The highest BCUT2D eigenvalue weighted by Crippen LogP contribution is 2.34. The van der Waals surface area contributed by atoms with Crippen LogP contribution in [0.3, 0.4) is 0 Å². The summed E-state index contributed by atoms with van der Waals surface area (Å²) in [5, 5.41) is 7.14. The number of aliphatic imine (C=N–C) groups is 1. The van der Waals surface area contributed by atoms with Gasteiger partial charge in [-0.25, -0.2) is 0 Å². The van der Waals surface area contributed by atoms with Crippen molar-refractivity contribution in [1.29, 1.82) is 0 Å². The molecule has 0 bridgehead atoms. The van der Waals surface area contributed by atoms with Crippen LogP contribution in [0.15, 0.2) is 4.99 Å². The van der Waals surface area contributed by atoms with Crippen LogP contribution in [0, 0.1) is 5.92 Å². The second-order valence-corrected chi connectivity index (χ2v) is 9.95. The first-order chi connectivity index (χ1) is 14.3. The smallest absolute Gasteiger partial charge is 0.191 e. The highest BCUT2D eigenvalue weighted by atomic mass is 127. The summed E-state index contributed by atoms with van der Waals surface area (Å²) < 4.78 is 11.3. The molecule has 1 aliphatic carbocycles. The molecule has 176 valence electrons. The highest BCUT2D eigenvalue weighted by Gasteiger charge is 2.38. The number of hydrogen-bond acceptors (Lipinski definition) is 5. The van der Waals surface area contributed by atoms with E-state index in [0.717, 1.165) is 64.7 Å². The number of rotatable bonds is 9. The molecule has 0 aromatic carbocycles. The molecule has 3 rings (SSSR count). The summed E-state index contributed by atoms with van der Waals surface area (Å²) in [4.78, 5) is 7.23. The third-order valence-corrected chi connectivity index (χ3v) is 7.67. The van der Waals surface area contributed by atoms with Crippen molar-refractivity contribution in [3.05, 3.63) is 0 Å². The standard InChI is InChI=1S/C22H42N4O2S.HI/c1-23-21(24-10-5-13-28-18-20-6-14-27-15-7-20)25-19-22(8-3-2-4-9-22)26-11-16-29-17-12-26;/h20H,2-19H2,1H3,(H2,23,24,25);1H. The molecule has 0 aromatic heterocycles. The predicted molar refractivity (Wildman–Crippen MR) is 138 cm³/mol. The van der Waals surface area contributed by atoms with Gasteiger partial charge in [-0.3, -0.25) is 9.89 Å². The van der Waals surface area contributed by atoms with Gasteiger partial charge >= 0.3 is 0 Å². The molecule has 1 saturated carbocycles. The van der Waals surface area contributed by atoms with Crippen LogP contribution in [-0.2, 0) is 9.47 Å². The first kappa shape index (κ1) is 26.5. The number of thioether (sulfide) groups is 1. The molecule has 0 spiro atoms. The zero-order valence-electron chi connectivity index (χ0n) is 18.8. The van der Waals surface area contributed by atoms with Crippen molar-refractivity contribution in [2.75, 3.05) is 71.2 Å². The summed E-state index contributed by atoms with van der Waals surface area (Å²) in [6.45, 7) is 7.89. The molecule has 30 heavy (non-hydrogen) atoms. The van der Waals surface area contributed by atoms with E-state index >= 15 is 0 Å². The van der Waals surface area contributed by atoms with Crippen molar-refractivity contribution in [1.82, 2.24) is 15.5 Å². The lowest BCUT2D eigenvalue weighted by atomic mass is 9.80. The lowest BCUT2D eigenvalue weighted by Crippen LogP contribution is -2.59. The summed E-state index contributed by atoms with van der Waals surface area (Å²) in [6.07, 6.45) is 10.1. The van der Waals surface area contributed by atoms with Gasteiger partial charge in [0, 0.05) is 76.7 Å². The van der Waals surface area contributed by atoms with Crippen LogP contribution in [0.2, 0.25) is 0 Å². The molecular weight excluding hydrogens is 511 g/mol. The van der Waals surface area contributed by atoms with E-state index < -0.39 is 0 Å². The largest absolute Gasteiger partial charge is 0.381 e. The Hall–Kier alpha value is 0.230. The molecule has 0 amide bonds. The maximum absolute atomic E-state index is 5.87. The first-order valence-electron chi connectivity index (χ1n) is 11.8. The lowest BCUT2D eigenvalue weighted by molar-refractivity contribution is 0.0203. The van der Waals surface area contributed by atoms with Crippen molar-refractivity contribution < 1.29 is 9.47 Å². The van der Waals surface area contributed by atoms with Gasteiger partial charge in [-0.15, -0.1) is 24.0 Å². The third-order valence-electron chi connectivity index (χ3n) is 6.73. The van der Waals surface area contributed by atoms with E-state index in [0.29, 0.717) is 11.5 Å². The Morgan fingerprint density at radius 3 is 2.57 bits per heavy atom. The minimum absolute atomic E-state index is 0. The first-order valence-corrected chi connectivity index (χ1v) is 12.9. The highest BCUT2D eigenvalue weighted by molar-refractivity contribution is 14.0. The lowest BCUT2D eigenvalue weighted by Gasteiger charge is -2.48. The zero-order valence-corrected chi connectivity index (χ0v) is 22.0. The van der Waals surface area contributed by atoms with Crippen LogP contribution in [0.25, 0.3) is 0 Å². The van der Waals surface area contributed by atoms with Gasteiger partial charge < -0.3 is 20.1 Å². The van der Waals surface area contributed by atoms with E-state index in [1.165, 1.54) is 56.7 Å². The zero-order chi connectivity index (χ0) is 20.2. The molecule has 2 heterocycles. The van der Waals surface area contributed by atoms with Crippen LogP contribution < -0.4 is 10.6 Å². The molecule has 8 heteroatoms. The van der Waals surface area contributed by atoms with Crippen molar-refractivity contribution >= 4 is 41.7 Å². The van der Waals surface area contributed by atoms with Crippen LogP contribution in [0.1, 0.15) is 51.4 Å². The molecule has 6 nitrogen and oxygen atoms in total.